The van der Waals surface area contributed by atoms with Crippen LogP contribution in [0.15, 0.2) is 55.6 Å². The normalized spacial score (nSPS) is 15.1. The molecular weight excluding hydrogens is 420 g/mol. The summed E-state index contributed by atoms with van der Waals surface area (Å²) in [5.74, 6) is 1.92. The van der Waals surface area contributed by atoms with Crippen molar-refractivity contribution in [2.75, 3.05) is 11.4 Å². The molecule has 1 heterocycles. The van der Waals surface area contributed by atoms with Crippen molar-refractivity contribution >= 4 is 11.7 Å². The van der Waals surface area contributed by atoms with E-state index in [4.69, 9.17) is 9.97 Å². The molecule has 1 N–H and O–H groups in total. The molecule has 0 spiro atoms. The van der Waals surface area contributed by atoms with E-state index in [1.165, 1.54) is 19.3 Å². The first-order valence-corrected chi connectivity index (χ1v) is 12.7. The minimum Gasteiger partial charge on any atom is -0.352 e. The van der Waals surface area contributed by atoms with Gasteiger partial charge in [-0.2, -0.15) is 0 Å². The van der Waals surface area contributed by atoms with Gasteiger partial charge >= 0.3 is 0 Å². The van der Waals surface area contributed by atoms with Gasteiger partial charge < -0.3 is 10.2 Å². The Morgan fingerprint density at radius 1 is 1.12 bits per heavy atom. The van der Waals surface area contributed by atoms with E-state index in [1.54, 1.807) is 0 Å². The lowest BCUT2D eigenvalue weighted by molar-refractivity contribution is -0.123. The summed E-state index contributed by atoms with van der Waals surface area (Å²) in [6.07, 6.45) is 10.9. The molecule has 0 aliphatic heterocycles. The second kappa shape index (κ2) is 12.5. The van der Waals surface area contributed by atoms with Crippen LogP contribution in [-0.4, -0.2) is 34.5 Å². The zero-order valence-electron chi connectivity index (χ0n) is 21.1. The number of benzene rings is 1. The van der Waals surface area contributed by atoms with Gasteiger partial charge in [0.25, 0.3) is 0 Å². The first-order chi connectivity index (χ1) is 16.4. The van der Waals surface area contributed by atoms with Crippen molar-refractivity contribution in [3.8, 4) is 11.4 Å². The summed E-state index contributed by atoms with van der Waals surface area (Å²) in [6.45, 7) is 14.8. The summed E-state index contributed by atoms with van der Waals surface area (Å²) < 4.78 is 0. The van der Waals surface area contributed by atoms with E-state index < -0.39 is 0 Å². The molecular formula is C29H40N4O. The quantitative estimate of drug-likeness (QED) is 0.416. The molecule has 182 valence electrons. The molecule has 0 bridgehead atoms. The molecule has 1 saturated carbocycles. The van der Waals surface area contributed by atoms with Crippen LogP contribution in [0.5, 0.6) is 0 Å². The van der Waals surface area contributed by atoms with E-state index in [-0.39, 0.29) is 18.0 Å². The molecule has 34 heavy (non-hydrogen) atoms. The summed E-state index contributed by atoms with van der Waals surface area (Å²) in [7, 11) is 0. The van der Waals surface area contributed by atoms with Crippen molar-refractivity contribution in [2.24, 2.45) is 5.92 Å². The number of hydrogen-bond donors (Lipinski definition) is 1. The van der Waals surface area contributed by atoms with Gasteiger partial charge in [-0.05, 0) is 38.5 Å². The first kappa shape index (κ1) is 25.7. The minimum atomic E-state index is -0.332. The maximum atomic E-state index is 13.7. The minimum absolute atomic E-state index is 0.0875. The number of nitrogens with one attached hydrogen (secondary N) is 1. The highest BCUT2D eigenvalue weighted by Crippen LogP contribution is 2.29. The molecule has 5 heteroatoms. The zero-order valence-corrected chi connectivity index (χ0v) is 21.1. The highest BCUT2D eigenvalue weighted by molar-refractivity contribution is 5.86. The molecule has 1 aromatic heterocycles. The van der Waals surface area contributed by atoms with Crippen molar-refractivity contribution in [2.45, 2.75) is 77.8 Å². The second-order valence-electron chi connectivity index (χ2n) is 9.72. The van der Waals surface area contributed by atoms with Crippen molar-refractivity contribution in [1.29, 1.82) is 0 Å². The van der Waals surface area contributed by atoms with E-state index in [0.29, 0.717) is 24.7 Å². The number of rotatable bonds is 11. The van der Waals surface area contributed by atoms with E-state index in [0.717, 1.165) is 41.9 Å². The Labute approximate surface area is 205 Å². The van der Waals surface area contributed by atoms with Gasteiger partial charge in [-0.15, -0.1) is 13.2 Å². The van der Waals surface area contributed by atoms with Gasteiger partial charge in [-0.1, -0.05) is 75.6 Å². The highest BCUT2D eigenvalue weighted by Gasteiger charge is 2.31. The summed E-state index contributed by atoms with van der Waals surface area (Å²) in [5.41, 5.74) is 2.88. The molecule has 3 rings (SSSR count). The van der Waals surface area contributed by atoms with Crippen LogP contribution in [0.25, 0.3) is 11.4 Å². The SMILES string of the molecule is C=CCc1c(C)nc(-c2ccccc2)nc1N(CC=C)C(CC(C)C)C(=O)NC1CCCCC1. The van der Waals surface area contributed by atoms with Gasteiger partial charge in [0.1, 0.15) is 11.9 Å². The summed E-state index contributed by atoms with van der Waals surface area (Å²) >= 11 is 0. The van der Waals surface area contributed by atoms with E-state index in [9.17, 15) is 4.79 Å². The fraction of sp³-hybridized carbons (Fsp3) is 0.483. The van der Waals surface area contributed by atoms with Gasteiger partial charge in [0.15, 0.2) is 5.82 Å². The number of carbonyl (C=O) groups is 1. The number of aromatic nitrogens is 2. The van der Waals surface area contributed by atoms with Crippen LogP contribution in [0.4, 0.5) is 5.82 Å². The van der Waals surface area contributed by atoms with E-state index in [2.05, 4.69) is 37.2 Å². The van der Waals surface area contributed by atoms with Gasteiger partial charge in [0.05, 0.1) is 0 Å². The molecule has 2 aromatic rings. The van der Waals surface area contributed by atoms with Crippen LogP contribution >= 0.6 is 0 Å². The van der Waals surface area contributed by atoms with Crippen LogP contribution in [0.1, 0.15) is 63.6 Å². The summed E-state index contributed by atoms with van der Waals surface area (Å²) in [6, 6.07) is 9.94. The monoisotopic (exact) mass is 460 g/mol. The molecule has 1 aliphatic rings. The smallest absolute Gasteiger partial charge is 0.242 e. The largest absolute Gasteiger partial charge is 0.352 e. The molecule has 1 unspecified atom stereocenters. The zero-order chi connectivity index (χ0) is 24.5. The third-order valence-corrected chi connectivity index (χ3v) is 6.50. The first-order valence-electron chi connectivity index (χ1n) is 12.7. The predicted octanol–water partition coefficient (Wildman–Crippen LogP) is 6.04. The third-order valence-electron chi connectivity index (χ3n) is 6.50. The van der Waals surface area contributed by atoms with Crippen LogP contribution in [0.2, 0.25) is 0 Å². The number of anilines is 1. The number of amides is 1. The van der Waals surface area contributed by atoms with E-state index >= 15 is 0 Å². The van der Waals surface area contributed by atoms with Gasteiger partial charge in [0, 0.05) is 29.4 Å². The lowest BCUT2D eigenvalue weighted by atomic mass is 9.94. The summed E-state index contributed by atoms with van der Waals surface area (Å²) in [5, 5.41) is 3.37. The number of carbonyl (C=O) groups excluding carboxylic acids is 1. The van der Waals surface area contributed by atoms with Crippen molar-refractivity contribution in [3.63, 3.8) is 0 Å². The number of aryl methyl sites for hydroxylation is 1. The molecule has 1 amide bonds. The Bertz CT molecular complexity index is 964. The Kier molecular flexibility index (Phi) is 9.43. The predicted molar refractivity (Wildman–Crippen MR) is 142 cm³/mol. The Balaban J connectivity index is 2.06. The van der Waals surface area contributed by atoms with Crippen molar-refractivity contribution in [1.82, 2.24) is 15.3 Å². The fourth-order valence-electron chi connectivity index (χ4n) is 4.79. The molecule has 1 atom stereocenters. The summed E-state index contributed by atoms with van der Waals surface area (Å²) in [4.78, 5) is 25.7. The number of nitrogens with zero attached hydrogens (tertiary/aromatic N) is 3. The Morgan fingerprint density at radius 2 is 1.82 bits per heavy atom. The average molecular weight is 461 g/mol. The van der Waals surface area contributed by atoms with Crippen LogP contribution in [0.3, 0.4) is 0 Å². The van der Waals surface area contributed by atoms with Crippen LogP contribution in [-0.2, 0) is 11.2 Å². The second-order valence-corrected chi connectivity index (χ2v) is 9.72. The van der Waals surface area contributed by atoms with E-state index in [1.807, 2.05) is 49.4 Å². The number of allylic oxidation sites excluding steroid dienone is 1. The fourth-order valence-corrected chi connectivity index (χ4v) is 4.79. The van der Waals surface area contributed by atoms with Gasteiger partial charge in [-0.25, -0.2) is 9.97 Å². The van der Waals surface area contributed by atoms with Gasteiger partial charge in [-0.3, -0.25) is 4.79 Å². The number of hydrogen-bond acceptors (Lipinski definition) is 4. The van der Waals surface area contributed by atoms with Crippen LogP contribution in [0, 0.1) is 12.8 Å². The Hall–Kier alpha value is -2.95. The van der Waals surface area contributed by atoms with Crippen molar-refractivity contribution in [3.05, 3.63) is 66.9 Å². The third kappa shape index (κ3) is 6.55. The molecule has 1 fully saturated rings. The lowest BCUT2D eigenvalue weighted by Crippen LogP contribution is -2.51. The lowest BCUT2D eigenvalue weighted by Gasteiger charge is -2.35. The standard InChI is InChI=1S/C29H40N4O/c1-6-14-25-22(5)30-27(23-15-10-8-11-16-23)32-28(25)33(19-7-2)26(20-21(3)4)29(34)31-24-17-12-9-13-18-24/h6-8,10-11,15-16,21,24,26H,1-2,9,12-14,17-20H2,3-5H3,(H,31,34). The van der Waals surface area contributed by atoms with Crippen LogP contribution < -0.4 is 10.2 Å². The average Bonchev–Trinajstić information content (AvgIpc) is 2.83. The molecule has 0 radical (unpaired) electrons. The maximum Gasteiger partial charge on any atom is 0.242 e. The molecule has 0 saturated heterocycles. The maximum absolute atomic E-state index is 13.7. The molecule has 1 aliphatic carbocycles. The topological polar surface area (TPSA) is 58.1 Å². The van der Waals surface area contributed by atoms with Gasteiger partial charge in [0.2, 0.25) is 5.91 Å². The Morgan fingerprint density at radius 3 is 2.44 bits per heavy atom. The highest BCUT2D eigenvalue weighted by atomic mass is 16.2. The molecule has 1 aromatic carbocycles. The molecule has 5 nitrogen and oxygen atoms in total. The van der Waals surface area contributed by atoms with Crippen molar-refractivity contribution < 1.29 is 4.79 Å².